The molecule has 1 saturated heterocycles. The molecule has 1 aliphatic heterocycles. The van der Waals surface area contributed by atoms with Gasteiger partial charge in [0.25, 0.3) is 0 Å². The van der Waals surface area contributed by atoms with Crippen LogP contribution in [-0.2, 0) is 11.3 Å². The molecule has 0 spiro atoms. The largest absolute Gasteiger partial charge is 0.352 e. The summed E-state index contributed by atoms with van der Waals surface area (Å²) < 4.78 is 0. The number of nitrogens with zero attached hydrogens (tertiary/aromatic N) is 1. The van der Waals surface area contributed by atoms with E-state index < -0.39 is 0 Å². The van der Waals surface area contributed by atoms with E-state index >= 15 is 0 Å². The van der Waals surface area contributed by atoms with Crippen LogP contribution in [0.3, 0.4) is 0 Å². The third kappa shape index (κ3) is 3.07. The zero-order valence-corrected chi connectivity index (χ0v) is 10.6. The van der Waals surface area contributed by atoms with Crippen molar-refractivity contribution in [2.24, 2.45) is 5.92 Å². The second-order valence-electron chi connectivity index (χ2n) is 4.89. The van der Waals surface area contributed by atoms with Gasteiger partial charge in [-0.2, -0.15) is 0 Å². The summed E-state index contributed by atoms with van der Waals surface area (Å²) in [5.41, 5.74) is 2.43. The fourth-order valence-electron chi connectivity index (χ4n) is 2.28. The van der Waals surface area contributed by atoms with E-state index in [4.69, 9.17) is 0 Å². The van der Waals surface area contributed by atoms with Gasteiger partial charge in [0.2, 0.25) is 5.91 Å². The molecule has 1 unspecified atom stereocenters. The summed E-state index contributed by atoms with van der Waals surface area (Å²) in [6.45, 7) is 4.64. The molecule has 0 radical (unpaired) electrons. The second kappa shape index (κ2) is 5.32. The van der Waals surface area contributed by atoms with Gasteiger partial charge in [-0.15, -0.1) is 0 Å². The Kier molecular flexibility index (Phi) is 3.79. The molecule has 0 aliphatic carbocycles. The Bertz CT molecular complexity index is 403. The maximum Gasteiger partial charge on any atom is 0.224 e. The van der Waals surface area contributed by atoms with Gasteiger partial charge < -0.3 is 10.2 Å². The summed E-state index contributed by atoms with van der Waals surface area (Å²) in [6.07, 6.45) is 0.982. The van der Waals surface area contributed by atoms with E-state index in [-0.39, 0.29) is 11.8 Å². The quantitative estimate of drug-likeness (QED) is 0.858. The van der Waals surface area contributed by atoms with Crippen molar-refractivity contribution in [2.45, 2.75) is 19.9 Å². The maximum atomic E-state index is 11.9. The van der Waals surface area contributed by atoms with E-state index in [0.29, 0.717) is 6.54 Å². The summed E-state index contributed by atoms with van der Waals surface area (Å²) in [5, 5.41) is 3.04. The summed E-state index contributed by atoms with van der Waals surface area (Å²) in [5.74, 6) is 0.363. The van der Waals surface area contributed by atoms with E-state index in [1.807, 2.05) is 12.1 Å². The molecule has 1 atom stereocenters. The van der Waals surface area contributed by atoms with Crippen LogP contribution in [0, 0.1) is 12.8 Å². The summed E-state index contributed by atoms with van der Waals surface area (Å²) in [7, 11) is 2.06. The number of carbonyl (C=O) groups excluding carboxylic acids is 1. The van der Waals surface area contributed by atoms with Crippen LogP contribution in [0.2, 0.25) is 0 Å². The molecule has 1 aromatic rings. The first-order valence-electron chi connectivity index (χ1n) is 6.17. The van der Waals surface area contributed by atoms with Crippen molar-refractivity contribution in [3.63, 3.8) is 0 Å². The molecule has 0 aromatic heterocycles. The van der Waals surface area contributed by atoms with Gasteiger partial charge in [0.05, 0.1) is 5.92 Å². The molecule has 1 N–H and O–H groups in total. The Labute approximate surface area is 103 Å². The van der Waals surface area contributed by atoms with Crippen LogP contribution in [0.1, 0.15) is 17.5 Å². The Morgan fingerprint density at radius 1 is 1.47 bits per heavy atom. The number of rotatable bonds is 3. The van der Waals surface area contributed by atoms with Gasteiger partial charge in [-0.05, 0) is 38.1 Å². The van der Waals surface area contributed by atoms with E-state index in [9.17, 15) is 4.79 Å². The summed E-state index contributed by atoms with van der Waals surface area (Å²) >= 11 is 0. The van der Waals surface area contributed by atoms with Crippen molar-refractivity contribution in [3.05, 3.63) is 35.4 Å². The molecule has 17 heavy (non-hydrogen) atoms. The van der Waals surface area contributed by atoms with E-state index in [1.165, 1.54) is 11.1 Å². The van der Waals surface area contributed by atoms with Crippen LogP contribution in [0.4, 0.5) is 0 Å². The molecule has 2 rings (SSSR count). The zero-order valence-electron chi connectivity index (χ0n) is 10.6. The van der Waals surface area contributed by atoms with Crippen molar-refractivity contribution in [2.75, 3.05) is 20.1 Å². The van der Waals surface area contributed by atoms with Crippen molar-refractivity contribution in [1.82, 2.24) is 10.2 Å². The summed E-state index contributed by atoms with van der Waals surface area (Å²) in [4.78, 5) is 14.1. The van der Waals surface area contributed by atoms with Crippen molar-refractivity contribution < 1.29 is 4.79 Å². The predicted octanol–water partition coefficient (Wildman–Crippen LogP) is 1.56. The SMILES string of the molecule is Cc1ccccc1CNC(=O)C1CCN(C)C1. The molecule has 3 heteroatoms. The Morgan fingerprint density at radius 2 is 2.24 bits per heavy atom. The third-order valence-electron chi connectivity index (χ3n) is 3.48. The van der Waals surface area contributed by atoms with E-state index in [0.717, 1.165) is 19.5 Å². The normalized spacial score (nSPS) is 20.5. The maximum absolute atomic E-state index is 11.9. The molecule has 3 nitrogen and oxygen atoms in total. The molecule has 1 fully saturated rings. The minimum absolute atomic E-state index is 0.170. The predicted molar refractivity (Wildman–Crippen MR) is 68.6 cm³/mol. The fraction of sp³-hybridized carbons (Fsp3) is 0.500. The number of hydrogen-bond donors (Lipinski definition) is 1. The Balaban J connectivity index is 1.86. The lowest BCUT2D eigenvalue weighted by molar-refractivity contribution is -0.124. The van der Waals surface area contributed by atoms with Crippen molar-refractivity contribution >= 4 is 5.91 Å². The van der Waals surface area contributed by atoms with Crippen LogP contribution < -0.4 is 5.32 Å². The van der Waals surface area contributed by atoms with Gasteiger partial charge in [-0.3, -0.25) is 4.79 Å². The molecule has 1 heterocycles. The van der Waals surface area contributed by atoms with Crippen LogP contribution in [0.15, 0.2) is 24.3 Å². The molecular weight excluding hydrogens is 212 g/mol. The Hall–Kier alpha value is -1.35. The molecule has 1 amide bonds. The zero-order chi connectivity index (χ0) is 12.3. The van der Waals surface area contributed by atoms with Crippen LogP contribution in [0.25, 0.3) is 0 Å². The number of likely N-dealkylation sites (tertiary alicyclic amines) is 1. The first-order valence-corrected chi connectivity index (χ1v) is 6.17. The van der Waals surface area contributed by atoms with Gasteiger partial charge in [-0.25, -0.2) is 0 Å². The molecule has 92 valence electrons. The second-order valence-corrected chi connectivity index (χ2v) is 4.89. The standard InChI is InChI=1S/C14H20N2O/c1-11-5-3-4-6-12(11)9-15-14(17)13-7-8-16(2)10-13/h3-6,13H,7-10H2,1-2H3,(H,15,17). The molecule has 0 saturated carbocycles. The number of carbonyl (C=O) groups is 1. The first-order chi connectivity index (χ1) is 8.16. The smallest absolute Gasteiger partial charge is 0.224 e. The number of aryl methyl sites for hydroxylation is 1. The highest BCUT2D eigenvalue weighted by atomic mass is 16.1. The highest BCUT2D eigenvalue weighted by molar-refractivity contribution is 5.79. The topological polar surface area (TPSA) is 32.3 Å². The highest BCUT2D eigenvalue weighted by Crippen LogP contribution is 2.14. The van der Waals surface area contributed by atoms with E-state index in [1.54, 1.807) is 0 Å². The van der Waals surface area contributed by atoms with E-state index in [2.05, 4.69) is 36.3 Å². The lowest BCUT2D eigenvalue weighted by atomic mass is 10.1. The average Bonchev–Trinajstić information content (AvgIpc) is 2.74. The van der Waals surface area contributed by atoms with Gasteiger partial charge in [0, 0.05) is 13.1 Å². The highest BCUT2D eigenvalue weighted by Gasteiger charge is 2.25. The van der Waals surface area contributed by atoms with Crippen LogP contribution in [-0.4, -0.2) is 30.9 Å². The number of amides is 1. The lowest BCUT2D eigenvalue weighted by Gasteiger charge is -2.12. The summed E-state index contributed by atoms with van der Waals surface area (Å²) in [6, 6.07) is 8.17. The molecule has 1 aliphatic rings. The van der Waals surface area contributed by atoms with Crippen LogP contribution in [0.5, 0.6) is 0 Å². The first kappa shape index (κ1) is 12.1. The van der Waals surface area contributed by atoms with Crippen molar-refractivity contribution in [3.8, 4) is 0 Å². The molecule has 1 aromatic carbocycles. The van der Waals surface area contributed by atoms with Gasteiger partial charge in [-0.1, -0.05) is 24.3 Å². The molecular formula is C14H20N2O. The minimum atomic E-state index is 0.170. The monoisotopic (exact) mass is 232 g/mol. The fourth-order valence-corrected chi connectivity index (χ4v) is 2.28. The van der Waals surface area contributed by atoms with Gasteiger partial charge in [0.15, 0.2) is 0 Å². The molecule has 0 bridgehead atoms. The minimum Gasteiger partial charge on any atom is -0.352 e. The third-order valence-corrected chi connectivity index (χ3v) is 3.48. The Morgan fingerprint density at radius 3 is 2.88 bits per heavy atom. The van der Waals surface area contributed by atoms with Crippen LogP contribution >= 0.6 is 0 Å². The van der Waals surface area contributed by atoms with Gasteiger partial charge in [0.1, 0.15) is 0 Å². The van der Waals surface area contributed by atoms with Crippen molar-refractivity contribution in [1.29, 1.82) is 0 Å². The number of hydrogen-bond acceptors (Lipinski definition) is 2. The lowest BCUT2D eigenvalue weighted by Crippen LogP contribution is -2.31. The van der Waals surface area contributed by atoms with Gasteiger partial charge >= 0.3 is 0 Å². The number of benzene rings is 1. The number of nitrogens with one attached hydrogen (secondary N) is 1. The average molecular weight is 232 g/mol.